The highest BCUT2D eigenvalue weighted by molar-refractivity contribution is 5.24. The maximum Gasteiger partial charge on any atom is 0.0628 e. The SMILES string of the molecule is Cc1nn(C)c(C)c1CCCN1CCNCC1. The van der Waals surface area contributed by atoms with Gasteiger partial charge < -0.3 is 10.2 Å². The lowest BCUT2D eigenvalue weighted by Gasteiger charge is -2.27. The van der Waals surface area contributed by atoms with E-state index in [0.717, 1.165) is 19.5 Å². The summed E-state index contributed by atoms with van der Waals surface area (Å²) in [6, 6.07) is 0. The molecule has 1 saturated heterocycles. The van der Waals surface area contributed by atoms with Gasteiger partial charge >= 0.3 is 0 Å². The van der Waals surface area contributed by atoms with Crippen LogP contribution in [0.4, 0.5) is 0 Å². The van der Waals surface area contributed by atoms with Gasteiger partial charge in [-0.15, -0.1) is 0 Å². The van der Waals surface area contributed by atoms with Gasteiger partial charge in [0.25, 0.3) is 0 Å². The number of nitrogens with one attached hydrogen (secondary N) is 1. The lowest BCUT2D eigenvalue weighted by Crippen LogP contribution is -2.43. The van der Waals surface area contributed by atoms with E-state index in [0.29, 0.717) is 0 Å². The molecule has 1 aromatic rings. The minimum atomic E-state index is 1.14. The normalized spacial score (nSPS) is 17.6. The first-order valence-corrected chi connectivity index (χ1v) is 6.60. The quantitative estimate of drug-likeness (QED) is 0.842. The molecule has 2 heterocycles. The molecular formula is C13H24N4. The van der Waals surface area contributed by atoms with Crippen molar-refractivity contribution in [3.05, 3.63) is 17.0 Å². The van der Waals surface area contributed by atoms with Gasteiger partial charge in [-0.1, -0.05) is 0 Å². The Kier molecular flexibility index (Phi) is 4.18. The van der Waals surface area contributed by atoms with Gasteiger partial charge in [-0.2, -0.15) is 5.10 Å². The van der Waals surface area contributed by atoms with Crippen LogP contribution in [0.15, 0.2) is 0 Å². The molecule has 0 amide bonds. The van der Waals surface area contributed by atoms with Crippen molar-refractivity contribution in [1.82, 2.24) is 20.0 Å². The second kappa shape index (κ2) is 5.65. The second-order valence-corrected chi connectivity index (χ2v) is 4.97. The Morgan fingerprint density at radius 3 is 2.53 bits per heavy atom. The fraction of sp³-hybridized carbons (Fsp3) is 0.769. The van der Waals surface area contributed by atoms with Gasteiger partial charge in [0.15, 0.2) is 0 Å². The van der Waals surface area contributed by atoms with E-state index in [1.165, 1.54) is 43.0 Å². The van der Waals surface area contributed by atoms with E-state index in [-0.39, 0.29) is 0 Å². The summed E-state index contributed by atoms with van der Waals surface area (Å²) in [5, 5.41) is 7.86. The number of hydrogen-bond donors (Lipinski definition) is 1. The minimum absolute atomic E-state index is 1.14. The van der Waals surface area contributed by atoms with Crippen LogP contribution in [0.2, 0.25) is 0 Å². The van der Waals surface area contributed by atoms with Crippen LogP contribution < -0.4 is 5.32 Å². The second-order valence-electron chi connectivity index (χ2n) is 4.97. The van der Waals surface area contributed by atoms with Gasteiger partial charge in [0, 0.05) is 38.9 Å². The number of nitrogens with zero attached hydrogens (tertiary/aromatic N) is 3. The van der Waals surface area contributed by atoms with Crippen LogP contribution in [0.5, 0.6) is 0 Å². The average Bonchev–Trinajstić information content (AvgIpc) is 2.57. The van der Waals surface area contributed by atoms with Crippen LogP contribution in [0.25, 0.3) is 0 Å². The molecule has 0 spiro atoms. The third kappa shape index (κ3) is 3.07. The number of piperazine rings is 1. The smallest absolute Gasteiger partial charge is 0.0628 e. The largest absolute Gasteiger partial charge is 0.314 e. The minimum Gasteiger partial charge on any atom is -0.314 e. The maximum absolute atomic E-state index is 4.47. The first kappa shape index (κ1) is 12.6. The van der Waals surface area contributed by atoms with Gasteiger partial charge in [-0.25, -0.2) is 0 Å². The van der Waals surface area contributed by atoms with Crippen LogP contribution in [0, 0.1) is 13.8 Å². The fourth-order valence-corrected chi connectivity index (χ4v) is 2.59. The van der Waals surface area contributed by atoms with Gasteiger partial charge in [0.2, 0.25) is 0 Å². The van der Waals surface area contributed by atoms with Crippen molar-refractivity contribution in [2.75, 3.05) is 32.7 Å². The molecule has 2 rings (SSSR count). The van der Waals surface area contributed by atoms with E-state index in [2.05, 4.69) is 29.2 Å². The Hall–Kier alpha value is -0.870. The fourth-order valence-electron chi connectivity index (χ4n) is 2.59. The molecule has 1 N–H and O–H groups in total. The number of rotatable bonds is 4. The van der Waals surface area contributed by atoms with Gasteiger partial charge in [-0.05, 0) is 38.8 Å². The lowest BCUT2D eigenvalue weighted by molar-refractivity contribution is 0.238. The molecule has 0 radical (unpaired) electrons. The monoisotopic (exact) mass is 236 g/mol. The molecular weight excluding hydrogens is 212 g/mol. The zero-order valence-electron chi connectivity index (χ0n) is 11.3. The summed E-state index contributed by atoms with van der Waals surface area (Å²) in [7, 11) is 2.03. The van der Waals surface area contributed by atoms with E-state index in [9.17, 15) is 0 Å². The Morgan fingerprint density at radius 2 is 1.94 bits per heavy atom. The van der Waals surface area contributed by atoms with Crippen molar-refractivity contribution in [1.29, 1.82) is 0 Å². The summed E-state index contributed by atoms with van der Waals surface area (Å²) in [4.78, 5) is 2.55. The molecule has 17 heavy (non-hydrogen) atoms. The molecule has 1 fully saturated rings. The molecule has 0 aliphatic carbocycles. The van der Waals surface area contributed by atoms with Crippen LogP contribution in [0.3, 0.4) is 0 Å². The summed E-state index contributed by atoms with van der Waals surface area (Å²) in [6.45, 7) is 10.2. The van der Waals surface area contributed by atoms with Crippen molar-refractivity contribution in [2.24, 2.45) is 7.05 Å². The van der Waals surface area contributed by atoms with Gasteiger partial charge in [0.1, 0.15) is 0 Å². The summed E-state index contributed by atoms with van der Waals surface area (Å²) < 4.78 is 2.00. The van der Waals surface area contributed by atoms with E-state index >= 15 is 0 Å². The molecule has 0 saturated carbocycles. The molecule has 96 valence electrons. The Labute approximate surface area is 104 Å². The van der Waals surface area contributed by atoms with Crippen molar-refractivity contribution in [3.63, 3.8) is 0 Å². The first-order chi connectivity index (χ1) is 8.18. The number of aryl methyl sites for hydroxylation is 2. The number of aromatic nitrogens is 2. The number of hydrogen-bond acceptors (Lipinski definition) is 3. The predicted molar refractivity (Wildman–Crippen MR) is 70.3 cm³/mol. The van der Waals surface area contributed by atoms with E-state index in [1.54, 1.807) is 0 Å². The molecule has 4 heteroatoms. The highest BCUT2D eigenvalue weighted by Crippen LogP contribution is 2.14. The average molecular weight is 236 g/mol. The van der Waals surface area contributed by atoms with Crippen LogP contribution in [0.1, 0.15) is 23.4 Å². The first-order valence-electron chi connectivity index (χ1n) is 6.60. The molecule has 1 aliphatic heterocycles. The summed E-state index contributed by atoms with van der Waals surface area (Å²) in [5.74, 6) is 0. The van der Waals surface area contributed by atoms with Crippen molar-refractivity contribution >= 4 is 0 Å². The lowest BCUT2D eigenvalue weighted by atomic mass is 10.1. The molecule has 1 aliphatic rings. The Balaban J connectivity index is 1.81. The van der Waals surface area contributed by atoms with Crippen molar-refractivity contribution < 1.29 is 0 Å². The highest BCUT2D eigenvalue weighted by Gasteiger charge is 2.11. The molecule has 0 unspecified atom stereocenters. The molecule has 0 atom stereocenters. The van der Waals surface area contributed by atoms with E-state index < -0.39 is 0 Å². The third-order valence-electron chi connectivity index (χ3n) is 3.77. The summed E-state index contributed by atoms with van der Waals surface area (Å²) in [6.07, 6.45) is 2.41. The van der Waals surface area contributed by atoms with Crippen LogP contribution in [-0.4, -0.2) is 47.4 Å². The Bertz CT molecular complexity index is 364. The Morgan fingerprint density at radius 1 is 1.24 bits per heavy atom. The molecule has 4 nitrogen and oxygen atoms in total. The zero-order valence-corrected chi connectivity index (χ0v) is 11.3. The van der Waals surface area contributed by atoms with E-state index in [1.807, 2.05) is 11.7 Å². The predicted octanol–water partition coefficient (Wildman–Crippen LogP) is 0.875. The standard InChI is InChI=1S/C13H24N4/c1-11-13(12(2)16(3)15-11)5-4-8-17-9-6-14-7-10-17/h14H,4-10H2,1-3H3. The maximum atomic E-state index is 4.47. The molecule has 0 aromatic carbocycles. The third-order valence-corrected chi connectivity index (χ3v) is 3.77. The van der Waals surface area contributed by atoms with Crippen molar-refractivity contribution in [2.45, 2.75) is 26.7 Å². The van der Waals surface area contributed by atoms with Crippen LogP contribution >= 0.6 is 0 Å². The van der Waals surface area contributed by atoms with Gasteiger partial charge in [0.05, 0.1) is 5.69 Å². The summed E-state index contributed by atoms with van der Waals surface area (Å²) >= 11 is 0. The summed E-state index contributed by atoms with van der Waals surface area (Å²) in [5.41, 5.74) is 3.97. The zero-order chi connectivity index (χ0) is 12.3. The molecule has 0 bridgehead atoms. The van der Waals surface area contributed by atoms with E-state index in [4.69, 9.17) is 0 Å². The van der Waals surface area contributed by atoms with Gasteiger partial charge in [-0.3, -0.25) is 4.68 Å². The van der Waals surface area contributed by atoms with Crippen LogP contribution in [-0.2, 0) is 13.5 Å². The molecule has 1 aromatic heterocycles. The topological polar surface area (TPSA) is 33.1 Å². The van der Waals surface area contributed by atoms with Crippen molar-refractivity contribution in [3.8, 4) is 0 Å². The highest BCUT2D eigenvalue weighted by atomic mass is 15.3.